The Morgan fingerprint density at radius 1 is 1.16 bits per heavy atom. The van der Waals surface area contributed by atoms with Crippen molar-refractivity contribution < 1.29 is 14.6 Å². The predicted molar refractivity (Wildman–Crippen MR) is 146 cm³/mol. The number of morpholine rings is 1. The van der Waals surface area contributed by atoms with Crippen LogP contribution in [-0.2, 0) is 9.47 Å². The van der Waals surface area contributed by atoms with Gasteiger partial charge in [-0.15, -0.1) is 11.3 Å². The van der Waals surface area contributed by atoms with Gasteiger partial charge in [0.25, 0.3) is 0 Å². The second kappa shape index (κ2) is 12.7. The van der Waals surface area contributed by atoms with Crippen LogP contribution in [0.4, 0.5) is 11.8 Å². The van der Waals surface area contributed by atoms with Gasteiger partial charge in [0.15, 0.2) is 5.84 Å². The number of nitrogens with two attached hydrogens (primary N) is 1. The Labute approximate surface area is 219 Å². The van der Waals surface area contributed by atoms with Gasteiger partial charge in [-0.1, -0.05) is 0 Å². The summed E-state index contributed by atoms with van der Waals surface area (Å²) in [5.41, 5.74) is 9.40. The molecule has 12 heteroatoms. The van der Waals surface area contributed by atoms with Crippen molar-refractivity contribution in [3.05, 3.63) is 52.3 Å². The zero-order valence-electron chi connectivity index (χ0n) is 21.0. The van der Waals surface area contributed by atoms with Crippen molar-refractivity contribution in [1.29, 1.82) is 5.41 Å². The Balaban J connectivity index is 1.60. The Morgan fingerprint density at radius 3 is 2.59 bits per heavy atom. The number of anilines is 2. The number of ether oxygens (including phenoxy) is 2. The summed E-state index contributed by atoms with van der Waals surface area (Å²) in [6.07, 6.45) is 4.89. The van der Waals surface area contributed by atoms with E-state index in [0.717, 1.165) is 38.1 Å². The first kappa shape index (κ1) is 26.6. The summed E-state index contributed by atoms with van der Waals surface area (Å²) in [6, 6.07) is 3.99. The average molecular weight is 525 g/mol. The third kappa shape index (κ3) is 6.66. The van der Waals surface area contributed by atoms with Gasteiger partial charge in [-0.3, -0.25) is 5.41 Å². The largest absolute Gasteiger partial charge is 0.394 e. The zero-order valence-corrected chi connectivity index (χ0v) is 21.8. The molecule has 5 N–H and O–H groups in total. The summed E-state index contributed by atoms with van der Waals surface area (Å²) in [5.74, 6) is 1.75. The molecule has 3 aromatic rings. The van der Waals surface area contributed by atoms with Crippen LogP contribution in [0.1, 0.15) is 21.6 Å². The number of aliphatic hydroxyl groups is 1. The Bertz CT molecular complexity index is 1220. The van der Waals surface area contributed by atoms with Gasteiger partial charge in [-0.05, 0) is 37.1 Å². The monoisotopic (exact) mass is 524 g/mol. The van der Waals surface area contributed by atoms with Crippen LogP contribution in [0.2, 0.25) is 0 Å². The summed E-state index contributed by atoms with van der Waals surface area (Å²) in [7, 11) is 0. The van der Waals surface area contributed by atoms with Gasteiger partial charge in [-0.2, -0.15) is 0 Å². The molecule has 0 atom stereocenters. The first-order valence-corrected chi connectivity index (χ1v) is 12.9. The molecule has 4 heterocycles. The summed E-state index contributed by atoms with van der Waals surface area (Å²) < 4.78 is 10.8. The maximum Gasteiger partial charge on any atom is 0.219 e. The molecule has 0 bridgehead atoms. The molecule has 0 radical (unpaired) electrons. The number of rotatable bonds is 9. The number of nitrogens with one attached hydrogen (secondary N) is 2. The summed E-state index contributed by atoms with van der Waals surface area (Å²) in [4.78, 5) is 21.6. The van der Waals surface area contributed by atoms with Crippen molar-refractivity contribution in [2.45, 2.75) is 13.8 Å². The fourth-order valence-electron chi connectivity index (χ4n) is 3.81. The van der Waals surface area contributed by atoms with Crippen LogP contribution in [0.15, 0.2) is 35.7 Å². The number of amidine groups is 2. The number of nitrogens with zero attached hydrogens (tertiary/aromatic N) is 5. The zero-order chi connectivity index (χ0) is 26.2. The lowest BCUT2D eigenvalue weighted by atomic mass is 10.1. The number of hydrogen-bond donors (Lipinski definition) is 4. The maximum atomic E-state index is 8.79. The van der Waals surface area contributed by atoms with Gasteiger partial charge in [0.2, 0.25) is 5.95 Å². The fraction of sp³-hybridized carbons (Fsp3) is 0.400. The molecule has 4 rings (SSSR count). The van der Waals surface area contributed by atoms with Crippen LogP contribution in [0.3, 0.4) is 0 Å². The normalized spacial score (nSPS) is 14.1. The fourth-order valence-corrected chi connectivity index (χ4v) is 5.13. The molecule has 0 saturated carbocycles. The van der Waals surface area contributed by atoms with E-state index in [-0.39, 0.29) is 18.4 Å². The highest BCUT2D eigenvalue weighted by molar-refractivity contribution is 7.17. The summed E-state index contributed by atoms with van der Waals surface area (Å²) >= 11 is 1.65. The van der Waals surface area contributed by atoms with Crippen molar-refractivity contribution in [2.75, 3.05) is 63.7 Å². The van der Waals surface area contributed by atoms with Gasteiger partial charge in [0.1, 0.15) is 11.7 Å². The van der Waals surface area contributed by atoms with Gasteiger partial charge >= 0.3 is 0 Å². The number of nitrogen functional groups attached to an aromatic ring is 1. The number of aliphatic hydroxyl groups excluding tert-OH is 1. The highest BCUT2D eigenvalue weighted by Gasteiger charge is 2.24. The van der Waals surface area contributed by atoms with E-state index < -0.39 is 0 Å². The second-order valence-corrected chi connectivity index (χ2v) is 9.44. The highest BCUT2D eigenvalue weighted by Crippen LogP contribution is 2.37. The lowest BCUT2D eigenvalue weighted by Gasteiger charge is -2.29. The first-order valence-electron chi connectivity index (χ1n) is 12.0. The van der Waals surface area contributed by atoms with Crippen LogP contribution in [-0.4, -0.2) is 89.3 Å². The molecule has 1 aliphatic rings. The van der Waals surface area contributed by atoms with Crippen LogP contribution in [0.5, 0.6) is 0 Å². The first-order chi connectivity index (χ1) is 18.0. The van der Waals surface area contributed by atoms with Crippen molar-refractivity contribution in [1.82, 2.24) is 19.9 Å². The minimum Gasteiger partial charge on any atom is -0.394 e. The molecule has 0 spiro atoms. The van der Waals surface area contributed by atoms with Crippen LogP contribution < -0.4 is 11.1 Å². The molecule has 37 heavy (non-hydrogen) atoms. The standard InChI is InChI=1S/C25H32N8O3S/c1-16-17(2)22(37-21(16)18-3-4-20(29-13-18)28-5-9-35-12-8-34)24(33-6-10-36-11-7-33)32-23(26)19-14-30-25(27)31-15-19/h3-4,13-15,26,34H,5-12H2,1-2H3,(H,28,29)(H2,27,30,31). The van der Waals surface area contributed by atoms with E-state index in [1.807, 2.05) is 18.3 Å². The van der Waals surface area contributed by atoms with E-state index in [0.29, 0.717) is 51.6 Å². The lowest BCUT2D eigenvalue weighted by molar-refractivity contribution is 0.0684. The topological polar surface area (TPSA) is 155 Å². The van der Waals surface area contributed by atoms with Gasteiger partial charge in [0.05, 0.1) is 43.5 Å². The predicted octanol–water partition coefficient (Wildman–Crippen LogP) is 2.32. The van der Waals surface area contributed by atoms with Crippen LogP contribution >= 0.6 is 11.3 Å². The smallest absolute Gasteiger partial charge is 0.219 e. The minimum atomic E-state index is 0.0173. The number of aromatic nitrogens is 3. The van der Waals surface area contributed by atoms with Crippen LogP contribution in [0.25, 0.3) is 10.4 Å². The van der Waals surface area contributed by atoms with Crippen LogP contribution in [0, 0.1) is 19.3 Å². The molecule has 3 aromatic heterocycles. The Morgan fingerprint density at radius 2 is 1.92 bits per heavy atom. The third-order valence-corrected chi connectivity index (χ3v) is 7.38. The molecular formula is C25H32N8O3S. The van der Waals surface area contributed by atoms with Crippen molar-refractivity contribution >= 4 is 34.8 Å². The number of aliphatic imine (C=N–C) groups is 1. The summed E-state index contributed by atoms with van der Waals surface area (Å²) in [6.45, 7) is 8.25. The molecule has 11 nitrogen and oxygen atoms in total. The number of thiophene rings is 1. The van der Waals surface area contributed by atoms with E-state index in [1.165, 1.54) is 12.4 Å². The van der Waals surface area contributed by atoms with Crippen molar-refractivity contribution in [3.63, 3.8) is 0 Å². The van der Waals surface area contributed by atoms with E-state index in [4.69, 9.17) is 30.7 Å². The molecule has 0 aliphatic carbocycles. The summed E-state index contributed by atoms with van der Waals surface area (Å²) in [5, 5.41) is 20.6. The molecule has 1 fully saturated rings. The Kier molecular flexibility index (Phi) is 9.12. The molecule has 196 valence electrons. The van der Waals surface area contributed by atoms with Crippen molar-refractivity contribution in [2.24, 2.45) is 4.99 Å². The number of pyridine rings is 1. The van der Waals surface area contributed by atoms with Gasteiger partial charge in [0, 0.05) is 48.7 Å². The van der Waals surface area contributed by atoms with E-state index in [9.17, 15) is 0 Å². The highest BCUT2D eigenvalue weighted by atomic mass is 32.1. The molecular weight excluding hydrogens is 492 g/mol. The molecule has 0 unspecified atom stereocenters. The van der Waals surface area contributed by atoms with E-state index in [2.05, 4.69) is 39.0 Å². The quantitative estimate of drug-likeness (QED) is 0.187. The molecule has 0 aromatic carbocycles. The second-order valence-electron chi connectivity index (χ2n) is 8.42. The molecule has 0 amide bonds. The number of hydrogen-bond acceptors (Lipinski definition) is 10. The van der Waals surface area contributed by atoms with Crippen molar-refractivity contribution in [3.8, 4) is 10.4 Å². The van der Waals surface area contributed by atoms with E-state index in [1.54, 1.807) is 11.3 Å². The average Bonchev–Trinajstić information content (AvgIpc) is 3.22. The third-order valence-electron chi connectivity index (χ3n) is 5.94. The Hall–Kier alpha value is -3.45. The molecule has 1 saturated heterocycles. The molecule has 1 aliphatic heterocycles. The maximum absolute atomic E-state index is 8.79. The van der Waals surface area contributed by atoms with Gasteiger partial charge < -0.3 is 30.5 Å². The SMILES string of the molecule is Cc1c(C(=NC(=N)c2cnc(N)nc2)N2CCOCC2)sc(-c2ccc(NCCOCCO)nc2)c1C. The minimum absolute atomic E-state index is 0.0173. The lowest BCUT2D eigenvalue weighted by Crippen LogP contribution is -2.41. The van der Waals surface area contributed by atoms with Gasteiger partial charge in [-0.25, -0.2) is 19.9 Å². The van der Waals surface area contributed by atoms with E-state index >= 15 is 0 Å².